The van der Waals surface area contributed by atoms with Gasteiger partial charge in [-0.15, -0.1) is 0 Å². The first-order valence-electron chi connectivity index (χ1n) is 2.69. The zero-order chi connectivity index (χ0) is 7.56. The lowest BCUT2D eigenvalue weighted by atomic mass is 10.3. The van der Waals surface area contributed by atoms with E-state index < -0.39 is 4.92 Å². The predicted octanol–water partition coefficient (Wildman–Crippen LogP) is 1.10. The van der Waals surface area contributed by atoms with Gasteiger partial charge >= 0.3 is 0 Å². The van der Waals surface area contributed by atoms with E-state index in [1.165, 1.54) is 6.20 Å². The Morgan fingerprint density at radius 1 is 1.80 bits per heavy atom. The molecule has 1 rings (SSSR count). The Hall–Kier alpha value is -1.45. The largest absolute Gasteiger partial charge is 0.300 e. The molecule has 0 bridgehead atoms. The smallest absolute Gasteiger partial charge is 0.258 e. The van der Waals surface area contributed by atoms with Gasteiger partial charge in [0.1, 0.15) is 0 Å². The van der Waals surface area contributed by atoms with Gasteiger partial charge in [-0.2, -0.15) is 0 Å². The predicted molar refractivity (Wildman–Crippen MR) is 34.5 cm³/mol. The van der Waals surface area contributed by atoms with Crippen LogP contribution < -0.4 is 0 Å². The number of aryl methyl sites for hydroxylation is 1. The fourth-order valence-corrected chi connectivity index (χ4v) is 0.599. The maximum atomic E-state index is 10.2. The molecule has 4 heteroatoms. The second-order valence-electron chi connectivity index (χ2n) is 1.85. The summed E-state index contributed by atoms with van der Waals surface area (Å²) in [5, 5.41) is 10.2. The molecule has 0 amide bonds. The second-order valence-corrected chi connectivity index (χ2v) is 1.85. The van der Waals surface area contributed by atoms with Gasteiger partial charge in [0.25, 0.3) is 5.69 Å². The normalized spacial score (nSPS) is 9.30. The second kappa shape index (κ2) is 2.43. The lowest BCUT2D eigenvalue weighted by Crippen LogP contribution is -1.91. The molecule has 1 radical (unpaired) electrons. The summed E-state index contributed by atoms with van der Waals surface area (Å²) in [6, 6.07) is 1.58. The van der Waals surface area contributed by atoms with Crippen molar-refractivity contribution >= 4 is 5.69 Å². The maximum Gasteiger partial charge on any atom is 0.300 e. The summed E-state index contributed by atoms with van der Waals surface area (Å²) in [5.41, 5.74) is 0.530. The number of hydrogen-bond donors (Lipinski definition) is 0. The minimum Gasteiger partial charge on any atom is -0.258 e. The molecule has 1 heterocycles. The first kappa shape index (κ1) is 6.67. The highest BCUT2D eigenvalue weighted by atomic mass is 16.6. The van der Waals surface area contributed by atoms with Gasteiger partial charge in [-0.1, -0.05) is 0 Å². The Morgan fingerprint density at radius 2 is 2.50 bits per heavy atom. The van der Waals surface area contributed by atoms with E-state index in [0.717, 1.165) is 0 Å². The van der Waals surface area contributed by atoms with Gasteiger partial charge in [-0.25, -0.2) is 4.98 Å². The van der Waals surface area contributed by atoms with E-state index >= 15 is 0 Å². The number of nitrogens with zero attached hydrogens (tertiary/aromatic N) is 2. The van der Waals surface area contributed by atoms with Gasteiger partial charge < -0.3 is 0 Å². The minimum atomic E-state index is -0.498. The molecule has 0 atom stereocenters. The van der Waals surface area contributed by atoms with E-state index in [-0.39, 0.29) is 5.69 Å². The summed E-state index contributed by atoms with van der Waals surface area (Å²) in [4.78, 5) is 13.2. The van der Waals surface area contributed by atoms with Gasteiger partial charge in [-0.05, 0) is 13.0 Å². The zero-order valence-electron chi connectivity index (χ0n) is 5.37. The van der Waals surface area contributed by atoms with Crippen molar-refractivity contribution in [2.24, 2.45) is 0 Å². The highest BCUT2D eigenvalue weighted by Gasteiger charge is 2.08. The van der Waals surface area contributed by atoms with Crippen LogP contribution in [0.2, 0.25) is 0 Å². The van der Waals surface area contributed by atoms with E-state index in [1.807, 2.05) is 0 Å². The molecular weight excluding hydrogens is 132 g/mol. The molecule has 0 unspecified atom stereocenters. The molecule has 0 fully saturated rings. The fourth-order valence-electron chi connectivity index (χ4n) is 0.599. The Balaban J connectivity index is 3.15. The van der Waals surface area contributed by atoms with Crippen molar-refractivity contribution in [1.82, 2.24) is 4.98 Å². The average molecular weight is 137 g/mol. The summed E-state index contributed by atoms with van der Waals surface area (Å²) < 4.78 is 0. The van der Waals surface area contributed by atoms with E-state index in [1.54, 1.807) is 13.0 Å². The van der Waals surface area contributed by atoms with Gasteiger partial charge in [0.2, 0.25) is 0 Å². The van der Waals surface area contributed by atoms with Crippen molar-refractivity contribution in [3.8, 4) is 0 Å². The molecule has 51 valence electrons. The van der Waals surface area contributed by atoms with Crippen molar-refractivity contribution < 1.29 is 4.92 Å². The van der Waals surface area contributed by atoms with Crippen LogP contribution in [0.5, 0.6) is 0 Å². The number of aromatic nitrogens is 1. The summed E-state index contributed by atoms with van der Waals surface area (Å²) in [5.74, 6) is 0. The molecule has 0 aliphatic heterocycles. The zero-order valence-corrected chi connectivity index (χ0v) is 5.37. The first-order valence-corrected chi connectivity index (χ1v) is 2.69. The van der Waals surface area contributed by atoms with Crippen LogP contribution in [0.4, 0.5) is 5.69 Å². The Bertz CT molecular complexity index is 260. The number of rotatable bonds is 1. The quantitative estimate of drug-likeness (QED) is 0.430. The van der Waals surface area contributed by atoms with Crippen LogP contribution in [-0.4, -0.2) is 9.91 Å². The third kappa shape index (κ3) is 1.10. The van der Waals surface area contributed by atoms with E-state index in [2.05, 4.69) is 11.2 Å². The van der Waals surface area contributed by atoms with E-state index in [0.29, 0.717) is 5.56 Å². The summed E-state index contributed by atoms with van der Waals surface area (Å²) in [6.45, 7) is 1.65. The van der Waals surface area contributed by atoms with Gasteiger partial charge in [0.05, 0.1) is 4.92 Å². The monoisotopic (exact) mass is 137 g/mol. The van der Waals surface area contributed by atoms with E-state index in [4.69, 9.17) is 0 Å². The minimum absolute atomic E-state index is 0.0532. The van der Waals surface area contributed by atoms with Crippen LogP contribution >= 0.6 is 0 Å². The van der Waals surface area contributed by atoms with Crippen LogP contribution in [0, 0.1) is 23.2 Å². The highest BCUT2D eigenvalue weighted by Crippen LogP contribution is 2.12. The molecule has 0 saturated heterocycles. The summed E-state index contributed by atoms with van der Waals surface area (Å²) in [6.07, 6.45) is 3.76. The molecule has 1 aromatic heterocycles. The topological polar surface area (TPSA) is 56.0 Å². The fraction of sp³-hybridized carbons (Fsp3) is 0.167. The lowest BCUT2D eigenvalue weighted by Gasteiger charge is -1.91. The molecule has 4 nitrogen and oxygen atoms in total. The summed E-state index contributed by atoms with van der Waals surface area (Å²) >= 11 is 0. The van der Waals surface area contributed by atoms with Crippen molar-refractivity contribution in [1.29, 1.82) is 0 Å². The average Bonchev–Trinajstić information content (AvgIpc) is 1.88. The van der Waals surface area contributed by atoms with Crippen molar-refractivity contribution in [3.05, 3.63) is 34.1 Å². The molecule has 0 aliphatic carbocycles. The van der Waals surface area contributed by atoms with Gasteiger partial charge in [0, 0.05) is 11.8 Å². The molecule has 0 aromatic carbocycles. The molecule has 1 aromatic rings. The summed E-state index contributed by atoms with van der Waals surface area (Å²) in [7, 11) is 0. The van der Waals surface area contributed by atoms with Crippen LogP contribution in [0.15, 0.2) is 12.3 Å². The third-order valence-corrected chi connectivity index (χ3v) is 1.13. The maximum absolute atomic E-state index is 10.2. The number of nitro groups is 1. The molecular formula is C6H5N2O2. The van der Waals surface area contributed by atoms with Crippen LogP contribution in [-0.2, 0) is 0 Å². The van der Waals surface area contributed by atoms with Gasteiger partial charge in [-0.3, -0.25) is 10.1 Å². The Labute approximate surface area is 57.7 Å². The highest BCUT2D eigenvalue weighted by molar-refractivity contribution is 5.33. The van der Waals surface area contributed by atoms with E-state index in [9.17, 15) is 10.1 Å². The van der Waals surface area contributed by atoms with Crippen LogP contribution in [0.25, 0.3) is 0 Å². The Morgan fingerprint density at radius 3 is 2.90 bits per heavy atom. The number of pyridine rings is 1. The first-order chi connectivity index (χ1) is 4.72. The van der Waals surface area contributed by atoms with Crippen molar-refractivity contribution in [3.63, 3.8) is 0 Å². The third-order valence-electron chi connectivity index (χ3n) is 1.13. The molecule has 0 aliphatic rings. The van der Waals surface area contributed by atoms with Gasteiger partial charge in [0.15, 0.2) is 6.20 Å². The number of hydrogen-bond acceptors (Lipinski definition) is 3. The Kier molecular flexibility index (Phi) is 1.62. The standard InChI is InChI=1S/C6H5N2O2/c1-5-2-3-7-4-6(5)8(9)10/h2-3H,1H3. The molecule has 0 spiro atoms. The van der Waals surface area contributed by atoms with Crippen molar-refractivity contribution in [2.75, 3.05) is 0 Å². The molecule has 10 heavy (non-hydrogen) atoms. The lowest BCUT2D eigenvalue weighted by molar-refractivity contribution is -0.386. The molecule has 0 N–H and O–H groups in total. The SMILES string of the molecule is Cc1ccn[c]c1[N+](=O)[O-]. The molecule has 0 saturated carbocycles. The van der Waals surface area contributed by atoms with Crippen LogP contribution in [0.1, 0.15) is 5.56 Å². The van der Waals surface area contributed by atoms with Crippen LogP contribution in [0.3, 0.4) is 0 Å². The van der Waals surface area contributed by atoms with Crippen molar-refractivity contribution in [2.45, 2.75) is 6.92 Å².